The summed E-state index contributed by atoms with van der Waals surface area (Å²) in [5, 5.41) is 0.969. The van der Waals surface area contributed by atoms with Crippen molar-refractivity contribution in [2.45, 2.75) is 18.8 Å². The van der Waals surface area contributed by atoms with E-state index in [1.165, 1.54) is 12.8 Å². The van der Waals surface area contributed by atoms with E-state index in [1.54, 1.807) is 0 Å². The molecule has 98 valence electrons. The summed E-state index contributed by atoms with van der Waals surface area (Å²) >= 11 is 0. The van der Waals surface area contributed by atoms with E-state index < -0.39 is 0 Å². The quantitative estimate of drug-likeness (QED) is 0.637. The predicted molar refractivity (Wildman–Crippen MR) is 72.5 cm³/mol. The lowest BCUT2D eigenvalue weighted by Gasteiger charge is -2.19. The molecule has 4 rings (SSSR count). The van der Waals surface area contributed by atoms with Gasteiger partial charge >= 0.3 is 0 Å². The molecule has 5 heteroatoms. The van der Waals surface area contributed by atoms with Crippen molar-refractivity contribution in [1.82, 2.24) is 4.98 Å². The third-order valence-electron chi connectivity index (χ3n) is 3.64. The Bertz CT molecular complexity index is 653. The molecule has 1 aromatic heterocycles. The lowest BCUT2D eigenvalue weighted by Crippen LogP contribution is -2.15. The minimum Gasteiger partial charge on any atom is -0.486 e. The molecule has 0 amide bonds. The maximum Gasteiger partial charge on any atom is 0.163 e. The number of hydrazine groups is 1. The second-order valence-corrected chi connectivity index (χ2v) is 5.03. The normalized spacial score (nSPS) is 17.5. The number of nitrogens with two attached hydrogens (primary N) is 1. The molecule has 3 N–H and O–H groups in total. The Morgan fingerprint density at radius 3 is 2.53 bits per heavy atom. The topological polar surface area (TPSA) is 69.4 Å². The van der Waals surface area contributed by atoms with Gasteiger partial charge in [0, 0.05) is 23.1 Å². The van der Waals surface area contributed by atoms with Gasteiger partial charge in [-0.25, -0.2) is 0 Å². The highest BCUT2D eigenvalue weighted by Crippen LogP contribution is 2.42. The van der Waals surface area contributed by atoms with Crippen molar-refractivity contribution >= 4 is 16.6 Å². The van der Waals surface area contributed by atoms with Gasteiger partial charge in [0.15, 0.2) is 11.5 Å². The Balaban J connectivity index is 1.94. The van der Waals surface area contributed by atoms with Gasteiger partial charge in [0.1, 0.15) is 13.2 Å². The second kappa shape index (κ2) is 3.99. The maximum atomic E-state index is 5.63. The first kappa shape index (κ1) is 10.9. The zero-order chi connectivity index (χ0) is 12.8. The standard InChI is InChI=1S/C14H15N3O2/c15-17-12-6-10(8-1-2-8)16-11-7-14-13(5-9(11)12)18-3-4-19-14/h5-8H,1-4,15H2,(H,16,17). The average Bonchev–Trinajstić information content (AvgIpc) is 3.28. The highest BCUT2D eigenvalue weighted by molar-refractivity contribution is 5.93. The molecule has 0 unspecified atom stereocenters. The monoisotopic (exact) mass is 257 g/mol. The van der Waals surface area contributed by atoms with Gasteiger partial charge in [-0.05, 0) is 25.0 Å². The van der Waals surface area contributed by atoms with E-state index in [0.29, 0.717) is 19.1 Å². The minimum absolute atomic E-state index is 0.581. The van der Waals surface area contributed by atoms with Gasteiger partial charge in [-0.15, -0.1) is 0 Å². The number of nitrogens with zero attached hydrogens (tertiary/aromatic N) is 1. The molecule has 1 fully saturated rings. The van der Waals surface area contributed by atoms with Crippen molar-refractivity contribution in [3.63, 3.8) is 0 Å². The van der Waals surface area contributed by atoms with Crippen LogP contribution in [0, 0.1) is 0 Å². The van der Waals surface area contributed by atoms with Gasteiger partial charge in [0.05, 0.1) is 11.2 Å². The Hall–Kier alpha value is -2.01. The number of aromatic nitrogens is 1. The number of ether oxygens (including phenoxy) is 2. The molecule has 0 spiro atoms. The van der Waals surface area contributed by atoms with Crippen LogP contribution < -0.4 is 20.7 Å². The summed E-state index contributed by atoms with van der Waals surface area (Å²) in [5.41, 5.74) is 5.67. The number of hydrogen-bond donors (Lipinski definition) is 2. The third kappa shape index (κ3) is 1.77. The molecule has 1 aliphatic heterocycles. The van der Waals surface area contributed by atoms with Gasteiger partial charge in [-0.3, -0.25) is 10.8 Å². The summed E-state index contributed by atoms with van der Waals surface area (Å²) < 4.78 is 11.2. The van der Waals surface area contributed by atoms with Gasteiger partial charge < -0.3 is 14.9 Å². The van der Waals surface area contributed by atoms with Gasteiger partial charge in [0.25, 0.3) is 0 Å². The smallest absolute Gasteiger partial charge is 0.163 e. The molecule has 1 aliphatic carbocycles. The van der Waals surface area contributed by atoms with Crippen LogP contribution in [0.2, 0.25) is 0 Å². The number of nitrogens with one attached hydrogen (secondary N) is 1. The number of fused-ring (bicyclic) bond motifs is 2. The largest absolute Gasteiger partial charge is 0.486 e. The molecule has 0 radical (unpaired) electrons. The molecular formula is C14H15N3O2. The van der Waals surface area contributed by atoms with E-state index in [-0.39, 0.29) is 0 Å². The highest BCUT2D eigenvalue weighted by atomic mass is 16.6. The van der Waals surface area contributed by atoms with Crippen LogP contribution in [0.5, 0.6) is 11.5 Å². The maximum absolute atomic E-state index is 5.63. The first-order valence-electron chi connectivity index (χ1n) is 6.56. The van der Waals surface area contributed by atoms with Crippen LogP contribution in [0.3, 0.4) is 0 Å². The minimum atomic E-state index is 0.581. The molecule has 1 aromatic carbocycles. The molecule has 5 nitrogen and oxygen atoms in total. The van der Waals surface area contributed by atoms with Crippen LogP contribution in [0.1, 0.15) is 24.5 Å². The summed E-state index contributed by atoms with van der Waals surface area (Å²) in [6.45, 7) is 1.17. The van der Waals surface area contributed by atoms with E-state index >= 15 is 0 Å². The SMILES string of the molecule is NNc1cc(C2CC2)nc2cc3c(cc12)OCCO3. The molecule has 0 atom stereocenters. The average molecular weight is 257 g/mol. The Kier molecular flexibility index (Phi) is 2.29. The summed E-state index contributed by atoms with van der Waals surface area (Å²) in [4.78, 5) is 4.72. The van der Waals surface area contributed by atoms with Crippen LogP contribution in [0.25, 0.3) is 10.9 Å². The Morgan fingerprint density at radius 2 is 1.84 bits per heavy atom. The van der Waals surface area contributed by atoms with Crippen molar-refractivity contribution in [3.05, 3.63) is 23.9 Å². The lowest BCUT2D eigenvalue weighted by atomic mass is 10.1. The first-order valence-corrected chi connectivity index (χ1v) is 6.56. The lowest BCUT2D eigenvalue weighted by molar-refractivity contribution is 0.172. The predicted octanol–water partition coefficient (Wildman–Crippen LogP) is 2.17. The van der Waals surface area contributed by atoms with E-state index in [4.69, 9.17) is 20.3 Å². The fourth-order valence-corrected chi connectivity index (χ4v) is 2.49. The highest BCUT2D eigenvalue weighted by Gasteiger charge is 2.26. The number of benzene rings is 1. The zero-order valence-corrected chi connectivity index (χ0v) is 10.5. The van der Waals surface area contributed by atoms with E-state index in [9.17, 15) is 0 Å². The van der Waals surface area contributed by atoms with Crippen LogP contribution in [0.15, 0.2) is 18.2 Å². The van der Waals surface area contributed by atoms with Crippen LogP contribution in [0.4, 0.5) is 5.69 Å². The van der Waals surface area contributed by atoms with Crippen molar-refractivity contribution in [2.24, 2.45) is 5.84 Å². The number of rotatable bonds is 2. The van der Waals surface area contributed by atoms with Crippen LogP contribution in [-0.4, -0.2) is 18.2 Å². The molecule has 0 bridgehead atoms. The van der Waals surface area contributed by atoms with E-state index in [1.807, 2.05) is 18.2 Å². The Morgan fingerprint density at radius 1 is 1.11 bits per heavy atom. The molecule has 0 saturated heterocycles. The second-order valence-electron chi connectivity index (χ2n) is 5.03. The molecule has 19 heavy (non-hydrogen) atoms. The summed E-state index contributed by atoms with van der Waals surface area (Å²) in [6, 6.07) is 5.93. The zero-order valence-electron chi connectivity index (χ0n) is 10.5. The first-order chi connectivity index (χ1) is 9.35. The van der Waals surface area contributed by atoms with Crippen LogP contribution in [-0.2, 0) is 0 Å². The molecule has 2 aliphatic rings. The number of hydrogen-bond acceptors (Lipinski definition) is 5. The number of pyridine rings is 1. The van der Waals surface area contributed by atoms with Gasteiger partial charge in [-0.2, -0.15) is 0 Å². The van der Waals surface area contributed by atoms with Gasteiger partial charge in [-0.1, -0.05) is 0 Å². The molecular weight excluding hydrogens is 242 g/mol. The van der Waals surface area contributed by atoms with Crippen LogP contribution >= 0.6 is 0 Å². The summed E-state index contributed by atoms with van der Waals surface area (Å²) in [7, 11) is 0. The number of anilines is 1. The fourth-order valence-electron chi connectivity index (χ4n) is 2.49. The van der Waals surface area contributed by atoms with Crippen molar-refractivity contribution in [1.29, 1.82) is 0 Å². The molecule has 2 heterocycles. The summed E-state index contributed by atoms with van der Waals surface area (Å²) in [6.07, 6.45) is 2.43. The van der Waals surface area contributed by atoms with Crippen molar-refractivity contribution < 1.29 is 9.47 Å². The molecule has 2 aromatic rings. The third-order valence-corrected chi connectivity index (χ3v) is 3.64. The Labute approximate surface area is 110 Å². The molecule has 1 saturated carbocycles. The van der Waals surface area contributed by atoms with E-state index in [2.05, 4.69) is 5.43 Å². The number of nitrogen functional groups attached to an aromatic ring is 1. The van der Waals surface area contributed by atoms with E-state index in [0.717, 1.165) is 33.8 Å². The summed E-state index contributed by atoms with van der Waals surface area (Å²) in [5.74, 6) is 7.75. The van der Waals surface area contributed by atoms with Crippen molar-refractivity contribution in [2.75, 3.05) is 18.6 Å². The van der Waals surface area contributed by atoms with Crippen molar-refractivity contribution in [3.8, 4) is 11.5 Å². The fraction of sp³-hybridized carbons (Fsp3) is 0.357. The van der Waals surface area contributed by atoms with Gasteiger partial charge in [0.2, 0.25) is 0 Å².